The molecular weight excluding hydrogens is 312 g/mol. The number of amides is 1. The van der Waals surface area contributed by atoms with E-state index in [0.717, 1.165) is 11.6 Å². The molecule has 0 saturated heterocycles. The monoisotopic (exact) mass is 326 g/mol. The number of aromatic hydroxyl groups is 1. The van der Waals surface area contributed by atoms with Crippen LogP contribution in [0.5, 0.6) is 5.75 Å². The molecule has 2 rings (SSSR count). The number of carbonyl (C=O) groups excluding carboxylic acids is 1. The van der Waals surface area contributed by atoms with Crippen molar-refractivity contribution in [1.82, 2.24) is 5.32 Å². The van der Waals surface area contributed by atoms with E-state index in [2.05, 4.69) is 17.2 Å². The second kappa shape index (κ2) is 8.19. The topological polar surface area (TPSA) is 102 Å². The molecule has 0 atom stereocenters. The number of carbonyl (C=O) groups is 1. The summed E-state index contributed by atoms with van der Waals surface area (Å²) < 4.78 is 5.00. The molecule has 0 radical (unpaired) electrons. The summed E-state index contributed by atoms with van der Waals surface area (Å²) in [6.07, 6.45) is -0.628. The molecule has 2 N–H and O–H groups in total. The van der Waals surface area contributed by atoms with Crippen LogP contribution in [0.4, 0.5) is 10.5 Å². The second-order valence-corrected chi connectivity index (χ2v) is 4.68. The summed E-state index contributed by atoms with van der Waals surface area (Å²) >= 11 is 0. The normalized spacial score (nSPS) is 9.50. The zero-order chi connectivity index (χ0) is 17.4. The minimum atomic E-state index is -0.628. The Labute approximate surface area is 138 Å². The van der Waals surface area contributed by atoms with Crippen molar-refractivity contribution in [1.29, 1.82) is 0 Å². The Balaban J connectivity index is 1.84. The maximum Gasteiger partial charge on any atom is 0.408 e. The maximum atomic E-state index is 11.5. The van der Waals surface area contributed by atoms with E-state index in [1.54, 1.807) is 0 Å². The highest BCUT2D eigenvalue weighted by Gasteiger charge is 2.08. The fraction of sp³-hybridized carbons (Fsp3) is 0.118. The molecule has 24 heavy (non-hydrogen) atoms. The van der Waals surface area contributed by atoms with Gasteiger partial charge in [0, 0.05) is 12.1 Å². The highest BCUT2D eigenvalue weighted by atomic mass is 16.6. The fourth-order valence-corrected chi connectivity index (χ4v) is 1.77. The van der Waals surface area contributed by atoms with E-state index in [1.807, 2.05) is 30.3 Å². The number of nitrogens with one attached hydrogen (secondary N) is 1. The molecule has 0 aliphatic heterocycles. The Morgan fingerprint density at radius 3 is 2.71 bits per heavy atom. The SMILES string of the molecule is O=C(NCC#Cc1cc([N+](=O)[O-])ccc1O)OCc1ccccc1. The average Bonchev–Trinajstić information content (AvgIpc) is 2.59. The van der Waals surface area contributed by atoms with Gasteiger partial charge in [0.25, 0.3) is 5.69 Å². The third kappa shape index (κ3) is 5.03. The molecule has 2 aromatic rings. The summed E-state index contributed by atoms with van der Waals surface area (Å²) in [5.41, 5.74) is 0.802. The molecule has 7 heteroatoms. The molecule has 0 aliphatic rings. The summed E-state index contributed by atoms with van der Waals surface area (Å²) in [6.45, 7) is 0.127. The van der Waals surface area contributed by atoms with Crippen molar-refractivity contribution < 1.29 is 19.6 Å². The Morgan fingerprint density at radius 2 is 2.00 bits per heavy atom. The smallest absolute Gasteiger partial charge is 0.408 e. The molecule has 0 fully saturated rings. The summed E-state index contributed by atoms with van der Waals surface area (Å²) in [6, 6.07) is 12.7. The lowest BCUT2D eigenvalue weighted by Gasteiger charge is -2.04. The van der Waals surface area contributed by atoms with Gasteiger partial charge in [-0.1, -0.05) is 42.2 Å². The summed E-state index contributed by atoms with van der Waals surface area (Å²) in [5.74, 6) is 4.99. The second-order valence-electron chi connectivity index (χ2n) is 4.68. The minimum absolute atomic E-state index is 0.0181. The van der Waals surface area contributed by atoms with Crippen LogP contribution in [-0.4, -0.2) is 22.7 Å². The number of nitro groups is 1. The van der Waals surface area contributed by atoms with Crippen molar-refractivity contribution in [3.63, 3.8) is 0 Å². The lowest BCUT2D eigenvalue weighted by molar-refractivity contribution is -0.384. The zero-order valence-corrected chi connectivity index (χ0v) is 12.6. The number of phenols is 1. The lowest BCUT2D eigenvalue weighted by atomic mass is 10.2. The Bertz CT molecular complexity index is 794. The molecule has 0 aliphatic carbocycles. The molecule has 0 unspecified atom stereocenters. The molecule has 0 saturated carbocycles. The molecule has 0 spiro atoms. The Morgan fingerprint density at radius 1 is 1.25 bits per heavy atom. The maximum absolute atomic E-state index is 11.5. The van der Waals surface area contributed by atoms with Gasteiger partial charge >= 0.3 is 6.09 Å². The molecule has 0 heterocycles. The fourth-order valence-electron chi connectivity index (χ4n) is 1.77. The summed E-state index contributed by atoms with van der Waals surface area (Å²) in [4.78, 5) is 21.6. The molecule has 0 aromatic heterocycles. The first-order valence-corrected chi connectivity index (χ1v) is 6.97. The molecule has 1 amide bonds. The highest BCUT2D eigenvalue weighted by Crippen LogP contribution is 2.21. The number of benzene rings is 2. The van der Waals surface area contributed by atoms with Crippen molar-refractivity contribution in [3.8, 4) is 17.6 Å². The Hall–Kier alpha value is -3.53. The standard InChI is InChI=1S/C17H14N2O5/c20-16-9-8-15(19(22)23)11-14(16)7-4-10-18-17(21)24-12-13-5-2-1-3-6-13/h1-3,5-6,8-9,11,20H,10,12H2,(H,18,21). The van der Waals surface area contributed by atoms with E-state index in [4.69, 9.17) is 4.74 Å². The number of non-ortho nitro benzene ring substituents is 1. The van der Waals surface area contributed by atoms with Crippen LogP contribution in [0.25, 0.3) is 0 Å². The Kier molecular flexibility index (Phi) is 5.75. The van der Waals surface area contributed by atoms with Crippen molar-refractivity contribution in [2.45, 2.75) is 6.61 Å². The number of nitro benzene ring substituents is 1. The summed E-state index contributed by atoms with van der Waals surface area (Å²) in [5, 5.41) is 22.7. The number of hydrogen-bond donors (Lipinski definition) is 2. The first-order valence-electron chi connectivity index (χ1n) is 6.97. The number of ether oxygens (including phenoxy) is 1. The van der Waals surface area contributed by atoms with E-state index in [0.29, 0.717) is 0 Å². The van der Waals surface area contributed by atoms with Crippen LogP contribution in [0.15, 0.2) is 48.5 Å². The van der Waals surface area contributed by atoms with Gasteiger partial charge in [0.1, 0.15) is 12.4 Å². The van der Waals surface area contributed by atoms with E-state index in [-0.39, 0.29) is 30.2 Å². The van der Waals surface area contributed by atoms with Gasteiger partial charge in [-0.15, -0.1) is 0 Å². The van der Waals surface area contributed by atoms with Crippen LogP contribution in [0.2, 0.25) is 0 Å². The molecular formula is C17H14N2O5. The van der Waals surface area contributed by atoms with Crippen LogP contribution in [0, 0.1) is 22.0 Å². The third-order valence-electron chi connectivity index (χ3n) is 2.95. The van der Waals surface area contributed by atoms with Gasteiger partial charge in [-0.25, -0.2) is 4.79 Å². The number of rotatable bonds is 4. The van der Waals surface area contributed by atoms with Crippen LogP contribution in [0.3, 0.4) is 0 Å². The van der Waals surface area contributed by atoms with Crippen molar-refractivity contribution in [2.75, 3.05) is 6.54 Å². The minimum Gasteiger partial charge on any atom is -0.507 e. The molecule has 7 nitrogen and oxygen atoms in total. The van der Waals surface area contributed by atoms with Crippen molar-refractivity contribution >= 4 is 11.8 Å². The van der Waals surface area contributed by atoms with E-state index in [1.165, 1.54) is 12.1 Å². The number of alkyl carbamates (subject to hydrolysis) is 1. The van der Waals surface area contributed by atoms with E-state index >= 15 is 0 Å². The predicted molar refractivity (Wildman–Crippen MR) is 86.3 cm³/mol. The van der Waals surface area contributed by atoms with Gasteiger partial charge in [-0.2, -0.15) is 0 Å². The quantitative estimate of drug-likeness (QED) is 0.511. The molecule has 2 aromatic carbocycles. The summed E-state index contributed by atoms with van der Waals surface area (Å²) in [7, 11) is 0. The number of hydrogen-bond acceptors (Lipinski definition) is 5. The zero-order valence-electron chi connectivity index (χ0n) is 12.6. The van der Waals surface area contributed by atoms with Gasteiger partial charge in [0.15, 0.2) is 0 Å². The van der Waals surface area contributed by atoms with Gasteiger partial charge in [0.05, 0.1) is 17.0 Å². The lowest BCUT2D eigenvalue weighted by Crippen LogP contribution is -2.24. The van der Waals surface area contributed by atoms with E-state index in [9.17, 15) is 20.0 Å². The highest BCUT2D eigenvalue weighted by molar-refractivity contribution is 5.67. The predicted octanol–water partition coefficient (Wildman–Crippen LogP) is 2.58. The largest absolute Gasteiger partial charge is 0.507 e. The van der Waals surface area contributed by atoms with Crippen molar-refractivity contribution in [2.24, 2.45) is 0 Å². The van der Waals surface area contributed by atoms with Crippen molar-refractivity contribution in [3.05, 3.63) is 69.8 Å². The average molecular weight is 326 g/mol. The first-order chi connectivity index (χ1) is 11.6. The molecule has 0 bridgehead atoms. The number of nitrogens with zero attached hydrogens (tertiary/aromatic N) is 1. The van der Waals surface area contributed by atoms with Gasteiger partial charge in [-0.3, -0.25) is 10.1 Å². The van der Waals surface area contributed by atoms with Crippen LogP contribution in [0.1, 0.15) is 11.1 Å². The van der Waals surface area contributed by atoms with Crippen LogP contribution in [-0.2, 0) is 11.3 Å². The van der Waals surface area contributed by atoms with Gasteiger partial charge < -0.3 is 15.2 Å². The van der Waals surface area contributed by atoms with Crippen LogP contribution < -0.4 is 5.32 Å². The van der Waals surface area contributed by atoms with Crippen LogP contribution >= 0.6 is 0 Å². The molecule has 122 valence electrons. The third-order valence-corrected chi connectivity index (χ3v) is 2.95. The number of phenolic OH excluding ortho intramolecular Hbond substituents is 1. The first kappa shape index (κ1) is 16.8. The van der Waals surface area contributed by atoms with E-state index < -0.39 is 11.0 Å². The van der Waals surface area contributed by atoms with Gasteiger partial charge in [-0.05, 0) is 11.6 Å². The van der Waals surface area contributed by atoms with Gasteiger partial charge in [0.2, 0.25) is 0 Å².